The number of carbonyl (C=O) groups excluding carboxylic acids is 1. The molecule has 5 heteroatoms. The number of ether oxygens (including phenoxy) is 1. The van der Waals surface area contributed by atoms with Crippen LogP contribution in [-0.4, -0.2) is 12.6 Å². The fourth-order valence-corrected chi connectivity index (χ4v) is 1.23. The highest BCUT2D eigenvalue weighted by atomic mass is 35.5. The van der Waals surface area contributed by atoms with Crippen molar-refractivity contribution in [3.63, 3.8) is 0 Å². The first kappa shape index (κ1) is 11.8. The topological polar surface area (TPSA) is 52.3 Å². The largest absolute Gasteiger partial charge is 0.462 e. The van der Waals surface area contributed by atoms with Gasteiger partial charge in [-0.3, -0.25) is 0 Å². The Morgan fingerprint density at radius 1 is 1.60 bits per heavy atom. The Labute approximate surface area is 92.0 Å². The lowest BCUT2D eigenvalue weighted by Crippen LogP contribution is -2.09. The molecule has 15 heavy (non-hydrogen) atoms. The van der Waals surface area contributed by atoms with E-state index in [2.05, 4.69) is 0 Å². The zero-order valence-corrected chi connectivity index (χ0v) is 8.97. The molecule has 0 radical (unpaired) electrons. The number of anilines is 1. The van der Waals surface area contributed by atoms with Crippen LogP contribution in [0, 0.1) is 5.82 Å². The normalized spacial score (nSPS) is 10.1. The van der Waals surface area contributed by atoms with E-state index >= 15 is 0 Å². The van der Waals surface area contributed by atoms with Crippen LogP contribution in [0.4, 0.5) is 10.1 Å². The number of rotatable bonds is 3. The third-order valence-electron chi connectivity index (χ3n) is 1.75. The van der Waals surface area contributed by atoms with Gasteiger partial charge in [0.25, 0.3) is 0 Å². The number of halogens is 2. The summed E-state index contributed by atoms with van der Waals surface area (Å²) in [7, 11) is 0. The molecule has 82 valence electrons. The summed E-state index contributed by atoms with van der Waals surface area (Å²) in [5.74, 6) is -1.27. The second kappa shape index (κ2) is 4.98. The van der Waals surface area contributed by atoms with E-state index in [0.29, 0.717) is 6.42 Å². The monoisotopic (exact) mass is 231 g/mol. The van der Waals surface area contributed by atoms with E-state index < -0.39 is 11.8 Å². The van der Waals surface area contributed by atoms with Crippen LogP contribution in [0.2, 0.25) is 5.02 Å². The Bertz CT molecular complexity index is 382. The maximum Gasteiger partial charge on any atom is 0.340 e. The molecule has 1 aromatic carbocycles. The van der Waals surface area contributed by atoms with Crippen LogP contribution in [0.5, 0.6) is 0 Å². The quantitative estimate of drug-likeness (QED) is 0.643. The van der Waals surface area contributed by atoms with Crippen LogP contribution >= 0.6 is 11.6 Å². The van der Waals surface area contributed by atoms with E-state index in [9.17, 15) is 9.18 Å². The van der Waals surface area contributed by atoms with Crippen molar-refractivity contribution >= 4 is 23.3 Å². The van der Waals surface area contributed by atoms with Gasteiger partial charge in [-0.2, -0.15) is 0 Å². The smallest absolute Gasteiger partial charge is 0.340 e. The maximum atomic E-state index is 12.9. The minimum absolute atomic E-state index is 0.0125. The molecular weight excluding hydrogens is 221 g/mol. The molecule has 3 nitrogen and oxygen atoms in total. The number of nitrogen functional groups attached to an aromatic ring is 1. The van der Waals surface area contributed by atoms with Gasteiger partial charge >= 0.3 is 5.97 Å². The minimum atomic E-state index is -0.657. The van der Waals surface area contributed by atoms with Crippen LogP contribution in [0.25, 0.3) is 0 Å². The van der Waals surface area contributed by atoms with Gasteiger partial charge in [0.1, 0.15) is 5.82 Å². The molecule has 0 spiro atoms. The fourth-order valence-electron chi connectivity index (χ4n) is 1.03. The second-order valence-electron chi connectivity index (χ2n) is 2.98. The van der Waals surface area contributed by atoms with Gasteiger partial charge in [-0.25, -0.2) is 9.18 Å². The summed E-state index contributed by atoms with van der Waals surface area (Å²) in [4.78, 5) is 11.4. The Morgan fingerprint density at radius 2 is 2.27 bits per heavy atom. The fraction of sp³-hybridized carbons (Fsp3) is 0.300. The van der Waals surface area contributed by atoms with Crippen molar-refractivity contribution in [2.24, 2.45) is 0 Å². The van der Waals surface area contributed by atoms with Crippen molar-refractivity contribution in [2.45, 2.75) is 13.3 Å². The molecule has 0 unspecified atom stereocenters. The third kappa shape index (κ3) is 2.83. The number of carbonyl (C=O) groups is 1. The molecule has 0 saturated carbocycles. The predicted molar refractivity (Wildman–Crippen MR) is 56.4 cm³/mol. The summed E-state index contributed by atoms with van der Waals surface area (Å²) >= 11 is 5.62. The first-order valence-corrected chi connectivity index (χ1v) is 4.85. The highest BCUT2D eigenvalue weighted by molar-refractivity contribution is 6.33. The molecule has 0 aliphatic heterocycles. The molecular formula is C10H11ClFNO2. The molecule has 1 aromatic rings. The first-order valence-electron chi connectivity index (χ1n) is 4.48. The van der Waals surface area contributed by atoms with Gasteiger partial charge in [0, 0.05) is 0 Å². The molecule has 0 atom stereocenters. The highest BCUT2D eigenvalue weighted by Gasteiger charge is 2.15. The average molecular weight is 232 g/mol. The summed E-state index contributed by atoms with van der Waals surface area (Å²) in [6, 6.07) is 2.06. The molecule has 0 fully saturated rings. The van der Waals surface area contributed by atoms with Crippen molar-refractivity contribution in [3.8, 4) is 0 Å². The van der Waals surface area contributed by atoms with Crippen LogP contribution in [-0.2, 0) is 4.74 Å². The Kier molecular flexibility index (Phi) is 3.91. The number of nitrogens with two attached hydrogens (primary N) is 1. The SMILES string of the molecule is CCCOC(=O)c1cc(F)cc(Cl)c1N. The van der Waals surface area contributed by atoms with Gasteiger partial charge in [-0.1, -0.05) is 18.5 Å². The van der Waals surface area contributed by atoms with Gasteiger partial charge in [-0.05, 0) is 18.6 Å². The number of esters is 1. The van der Waals surface area contributed by atoms with E-state index in [1.807, 2.05) is 6.92 Å². The average Bonchev–Trinajstić information content (AvgIpc) is 2.19. The van der Waals surface area contributed by atoms with Crippen LogP contribution in [0.15, 0.2) is 12.1 Å². The van der Waals surface area contributed by atoms with Gasteiger partial charge in [0.15, 0.2) is 0 Å². The third-order valence-corrected chi connectivity index (χ3v) is 2.06. The van der Waals surface area contributed by atoms with E-state index in [1.165, 1.54) is 0 Å². The number of benzene rings is 1. The predicted octanol–water partition coefficient (Wildman–Crippen LogP) is 2.63. The molecule has 0 aromatic heterocycles. The zero-order chi connectivity index (χ0) is 11.4. The standard InChI is InChI=1S/C10H11ClFNO2/c1-2-3-15-10(14)7-4-6(12)5-8(11)9(7)13/h4-5H,2-3,13H2,1H3. The minimum Gasteiger partial charge on any atom is -0.462 e. The first-order chi connectivity index (χ1) is 7.06. The summed E-state index contributed by atoms with van der Waals surface area (Å²) in [6.45, 7) is 2.13. The molecule has 0 aliphatic carbocycles. The lowest BCUT2D eigenvalue weighted by molar-refractivity contribution is 0.0506. The Balaban J connectivity index is 2.98. The van der Waals surface area contributed by atoms with Gasteiger partial charge in [0.2, 0.25) is 0 Å². The molecule has 0 aliphatic rings. The Hall–Kier alpha value is -1.29. The van der Waals surface area contributed by atoms with Crippen LogP contribution in [0.1, 0.15) is 23.7 Å². The maximum absolute atomic E-state index is 12.9. The van der Waals surface area contributed by atoms with Crippen molar-refractivity contribution in [2.75, 3.05) is 12.3 Å². The van der Waals surface area contributed by atoms with Gasteiger partial charge in [0.05, 0.1) is 22.9 Å². The molecule has 0 amide bonds. The summed E-state index contributed by atoms with van der Waals surface area (Å²) in [6.07, 6.45) is 0.689. The molecule has 2 N–H and O–H groups in total. The van der Waals surface area contributed by atoms with E-state index in [0.717, 1.165) is 12.1 Å². The summed E-state index contributed by atoms with van der Waals surface area (Å²) in [5, 5.41) is 0.0125. The van der Waals surface area contributed by atoms with E-state index in [-0.39, 0.29) is 22.9 Å². The van der Waals surface area contributed by atoms with Crippen molar-refractivity contribution in [1.29, 1.82) is 0 Å². The van der Waals surface area contributed by atoms with Crippen molar-refractivity contribution < 1.29 is 13.9 Å². The lowest BCUT2D eigenvalue weighted by Gasteiger charge is -2.07. The molecule has 0 heterocycles. The van der Waals surface area contributed by atoms with Crippen molar-refractivity contribution in [1.82, 2.24) is 0 Å². The second-order valence-corrected chi connectivity index (χ2v) is 3.39. The Morgan fingerprint density at radius 3 is 2.87 bits per heavy atom. The van der Waals surface area contributed by atoms with Gasteiger partial charge < -0.3 is 10.5 Å². The number of hydrogen-bond donors (Lipinski definition) is 1. The summed E-state index contributed by atoms with van der Waals surface area (Å²) < 4.78 is 17.8. The number of hydrogen-bond acceptors (Lipinski definition) is 3. The van der Waals surface area contributed by atoms with E-state index in [4.69, 9.17) is 22.1 Å². The highest BCUT2D eigenvalue weighted by Crippen LogP contribution is 2.24. The van der Waals surface area contributed by atoms with Crippen molar-refractivity contribution in [3.05, 3.63) is 28.5 Å². The van der Waals surface area contributed by atoms with Gasteiger partial charge in [-0.15, -0.1) is 0 Å². The molecule has 1 rings (SSSR count). The zero-order valence-electron chi connectivity index (χ0n) is 8.22. The van der Waals surface area contributed by atoms with E-state index in [1.54, 1.807) is 0 Å². The summed E-state index contributed by atoms with van der Waals surface area (Å²) in [5.41, 5.74) is 5.53. The van der Waals surface area contributed by atoms with Crippen LogP contribution < -0.4 is 5.73 Å². The lowest BCUT2D eigenvalue weighted by atomic mass is 10.2. The van der Waals surface area contributed by atoms with Crippen LogP contribution in [0.3, 0.4) is 0 Å². The molecule has 0 bridgehead atoms. The molecule has 0 saturated heterocycles.